The summed E-state index contributed by atoms with van der Waals surface area (Å²) in [6.45, 7) is 9.92. The van der Waals surface area contributed by atoms with Crippen LogP contribution in [0.1, 0.15) is 39.2 Å². The zero-order valence-electron chi connectivity index (χ0n) is 13.5. The van der Waals surface area contributed by atoms with E-state index in [1.54, 1.807) is 0 Å². The quantitative estimate of drug-likeness (QED) is 0.845. The molecule has 21 heavy (non-hydrogen) atoms. The van der Waals surface area contributed by atoms with Crippen molar-refractivity contribution >= 4 is 0 Å². The second-order valence-corrected chi connectivity index (χ2v) is 5.62. The van der Waals surface area contributed by atoms with Gasteiger partial charge in [0.25, 0.3) is 0 Å². The van der Waals surface area contributed by atoms with Crippen LogP contribution in [0.4, 0.5) is 0 Å². The first-order chi connectivity index (χ1) is 10.3. The van der Waals surface area contributed by atoms with Crippen LogP contribution in [0.25, 0.3) is 5.69 Å². The van der Waals surface area contributed by atoms with Gasteiger partial charge in [-0.2, -0.15) is 0 Å². The van der Waals surface area contributed by atoms with Crippen molar-refractivity contribution < 1.29 is 0 Å². The summed E-state index contributed by atoms with van der Waals surface area (Å²) in [5.41, 5.74) is 2.58. The summed E-state index contributed by atoms with van der Waals surface area (Å²) in [5, 5.41) is 0. The SMILES string of the molecule is CC.C[C@H]1CCCN(Cc2ccc(-n3ccnc3)cc2)C1. The van der Waals surface area contributed by atoms with E-state index in [1.807, 2.05) is 37.1 Å². The summed E-state index contributed by atoms with van der Waals surface area (Å²) >= 11 is 0. The largest absolute Gasteiger partial charge is 0.306 e. The highest BCUT2D eigenvalue weighted by Crippen LogP contribution is 2.18. The summed E-state index contributed by atoms with van der Waals surface area (Å²) in [4.78, 5) is 6.65. The maximum absolute atomic E-state index is 4.08. The Morgan fingerprint density at radius 1 is 1.19 bits per heavy atom. The monoisotopic (exact) mass is 285 g/mol. The lowest BCUT2D eigenvalue weighted by molar-refractivity contribution is 0.176. The number of rotatable bonds is 3. The molecule has 0 saturated carbocycles. The average molecular weight is 285 g/mol. The number of hydrogen-bond acceptors (Lipinski definition) is 2. The lowest BCUT2D eigenvalue weighted by atomic mass is 10.00. The fourth-order valence-electron chi connectivity index (χ4n) is 2.87. The third kappa shape index (κ3) is 4.43. The molecule has 0 aliphatic carbocycles. The Morgan fingerprint density at radius 2 is 1.95 bits per heavy atom. The van der Waals surface area contributed by atoms with Crippen molar-refractivity contribution in [3.05, 3.63) is 48.5 Å². The highest BCUT2D eigenvalue weighted by Gasteiger charge is 2.15. The molecule has 3 heteroatoms. The lowest BCUT2D eigenvalue weighted by Crippen LogP contribution is -2.33. The molecule has 114 valence electrons. The highest BCUT2D eigenvalue weighted by atomic mass is 15.1. The van der Waals surface area contributed by atoms with Crippen molar-refractivity contribution in [1.29, 1.82) is 0 Å². The molecule has 0 amide bonds. The molecule has 1 aromatic heterocycles. The average Bonchev–Trinajstić information content (AvgIpc) is 3.04. The van der Waals surface area contributed by atoms with E-state index in [4.69, 9.17) is 0 Å². The summed E-state index contributed by atoms with van der Waals surface area (Å²) in [6.07, 6.45) is 8.34. The molecule has 3 nitrogen and oxygen atoms in total. The predicted octanol–water partition coefficient (Wildman–Crippen LogP) is 4.13. The molecule has 1 atom stereocenters. The Morgan fingerprint density at radius 3 is 2.57 bits per heavy atom. The fraction of sp³-hybridized carbons (Fsp3) is 0.500. The molecule has 1 aliphatic rings. The Balaban J connectivity index is 0.000000774. The molecule has 3 rings (SSSR count). The first kappa shape index (κ1) is 15.8. The van der Waals surface area contributed by atoms with E-state index < -0.39 is 0 Å². The van der Waals surface area contributed by atoms with Gasteiger partial charge in [-0.1, -0.05) is 32.9 Å². The second kappa shape index (κ2) is 7.99. The van der Waals surface area contributed by atoms with Crippen molar-refractivity contribution in [2.75, 3.05) is 13.1 Å². The van der Waals surface area contributed by atoms with E-state index in [0.717, 1.165) is 12.5 Å². The second-order valence-electron chi connectivity index (χ2n) is 5.62. The fourth-order valence-corrected chi connectivity index (χ4v) is 2.87. The predicted molar refractivity (Wildman–Crippen MR) is 88.6 cm³/mol. The van der Waals surface area contributed by atoms with Crippen LogP contribution in [-0.2, 0) is 6.54 Å². The van der Waals surface area contributed by atoms with E-state index in [0.29, 0.717) is 0 Å². The van der Waals surface area contributed by atoms with Gasteiger partial charge in [-0.15, -0.1) is 0 Å². The van der Waals surface area contributed by atoms with Crippen LogP contribution in [0, 0.1) is 5.92 Å². The number of hydrogen-bond donors (Lipinski definition) is 0. The third-order valence-electron chi connectivity index (χ3n) is 3.89. The topological polar surface area (TPSA) is 21.1 Å². The number of benzene rings is 1. The third-order valence-corrected chi connectivity index (χ3v) is 3.89. The minimum absolute atomic E-state index is 0.846. The number of likely N-dealkylation sites (tertiary alicyclic amines) is 1. The van der Waals surface area contributed by atoms with Gasteiger partial charge in [0.1, 0.15) is 0 Å². The van der Waals surface area contributed by atoms with Gasteiger partial charge in [0.2, 0.25) is 0 Å². The van der Waals surface area contributed by atoms with Crippen molar-refractivity contribution in [1.82, 2.24) is 14.5 Å². The Labute approximate surface area is 128 Å². The molecule has 0 N–H and O–H groups in total. The van der Waals surface area contributed by atoms with E-state index >= 15 is 0 Å². The van der Waals surface area contributed by atoms with Crippen LogP contribution in [-0.4, -0.2) is 27.5 Å². The summed E-state index contributed by atoms with van der Waals surface area (Å²) in [6, 6.07) is 8.80. The molecule has 0 radical (unpaired) electrons. The maximum Gasteiger partial charge on any atom is 0.0991 e. The zero-order chi connectivity index (χ0) is 15.1. The molecular formula is C18H27N3. The normalized spacial score (nSPS) is 18.9. The first-order valence-electron chi connectivity index (χ1n) is 8.11. The Bertz CT molecular complexity index is 502. The zero-order valence-corrected chi connectivity index (χ0v) is 13.5. The van der Waals surface area contributed by atoms with Gasteiger partial charge in [-0.3, -0.25) is 4.90 Å². The van der Waals surface area contributed by atoms with E-state index in [1.165, 1.54) is 37.2 Å². The van der Waals surface area contributed by atoms with Crippen molar-refractivity contribution in [3.8, 4) is 5.69 Å². The van der Waals surface area contributed by atoms with Crippen LogP contribution in [0.5, 0.6) is 0 Å². The van der Waals surface area contributed by atoms with Crippen LogP contribution in [0.3, 0.4) is 0 Å². The highest BCUT2D eigenvalue weighted by molar-refractivity contribution is 5.34. The van der Waals surface area contributed by atoms with Gasteiger partial charge in [0, 0.05) is 31.2 Å². The number of aromatic nitrogens is 2. The molecule has 0 bridgehead atoms. The molecule has 1 saturated heterocycles. The van der Waals surface area contributed by atoms with Crippen LogP contribution in [0.15, 0.2) is 43.0 Å². The van der Waals surface area contributed by atoms with Gasteiger partial charge < -0.3 is 4.57 Å². The van der Waals surface area contributed by atoms with Crippen LogP contribution >= 0.6 is 0 Å². The minimum atomic E-state index is 0.846. The number of imidazole rings is 1. The lowest BCUT2D eigenvalue weighted by Gasteiger charge is -2.30. The molecular weight excluding hydrogens is 258 g/mol. The molecule has 0 unspecified atom stereocenters. The van der Waals surface area contributed by atoms with Gasteiger partial charge in [0.05, 0.1) is 6.33 Å². The molecule has 0 spiro atoms. The van der Waals surface area contributed by atoms with E-state index in [2.05, 4.69) is 41.1 Å². The van der Waals surface area contributed by atoms with Gasteiger partial charge in [0.15, 0.2) is 0 Å². The van der Waals surface area contributed by atoms with Gasteiger partial charge >= 0.3 is 0 Å². The number of nitrogens with zero attached hydrogens (tertiary/aromatic N) is 3. The number of piperidine rings is 1. The van der Waals surface area contributed by atoms with Gasteiger partial charge in [-0.25, -0.2) is 4.98 Å². The minimum Gasteiger partial charge on any atom is -0.306 e. The van der Waals surface area contributed by atoms with E-state index in [-0.39, 0.29) is 0 Å². The summed E-state index contributed by atoms with van der Waals surface area (Å²) in [5.74, 6) is 0.846. The summed E-state index contributed by atoms with van der Waals surface area (Å²) < 4.78 is 2.03. The molecule has 1 aliphatic heterocycles. The maximum atomic E-state index is 4.08. The molecule has 2 heterocycles. The van der Waals surface area contributed by atoms with Crippen LogP contribution in [0.2, 0.25) is 0 Å². The molecule has 1 fully saturated rings. The van der Waals surface area contributed by atoms with E-state index in [9.17, 15) is 0 Å². The van der Waals surface area contributed by atoms with Crippen LogP contribution < -0.4 is 0 Å². The first-order valence-corrected chi connectivity index (χ1v) is 8.11. The summed E-state index contributed by atoms with van der Waals surface area (Å²) in [7, 11) is 0. The smallest absolute Gasteiger partial charge is 0.0991 e. The molecule has 1 aromatic carbocycles. The van der Waals surface area contributed by atoms with Crippen molar-refractivity contribution in [3.63, 3.8) is 0 Å². The Hall–Kier alpha value is -1.61. The molecule has 2 aromatic rings. The van der Waals surface area contributed by atoms with Crippen molar-refractivity contribution in [2.45, 2.75) is 40.2 Å². The standard InChI is InChI=1S/C16H21N3.C2H6/c1-14-3-2-9-18(11-14)12-15-4-6-16(7-5-15)19-10-8-17-13-19;1-2/h4-8,10,13-14H,2-3,9,11-12H2,1H3;1-2H3/t14-;/m0./s1. The van der Waals surface area contributed by atoms with Gasteiger partial charge in [-0.05, 0) is 43.0 Å². The Kier molecular flexibility index (Phi) is 6.00. The van der Waals surface area contributed by atoms with Crippen molar-refractivity contribution in [2.24, 2.45) is 5.92 Å².